The maximum atomic E-state index is 11.9. The second kappa shape index (κ2) is 8.59. The van der Waals surface area contributed by atoms with Crippen molar-refractivity contribution in [2.75, 3.05) is 25.0 Å². The van der Waals surface area contributed by atoms with Crippen molar-refractivity contribution in [2.45, 2.75) is 40.2 Å². The van der Waals surface area contributed by atoms with Crippen LogP contribution in [-0.4, -0.2) is 36.6 Å². The Morgan fingerprint density at radius 1 is 1.20 bits per heavy atom. The summed E-state index contributed by atoms with van der Waals surface area (Å²) >= 11 is 0. The highest BCUT2D eigenvalue weighted by Gasteiger charge is 2.11. The number of hydrogen-bond acceptors (Lipinski definition) is 2. The lowest BCUT2D eigenvalue weighted by molar-refractivity contribution is 0.220. The van der Waals surface area contributed by atoms with Gasteiger partial charge < -0.3 is 10.6 Å². The van der Waals surface area contributed by atoms with Gasteiger partial charge in [-0.05, 0) is 38.1 Å². The number of anilines is 1. The fraction of sp³-hybridized carbons (Fsp3) is 0.562. The summed E-state index contributed by atoms with van der Waals surface area (Å²) < 4.78 is 0. The monoisotopic (exact) mass is 277 g/mol. The predicted molar refractivity (Wildman–Crippen MR) is 85.2 cm³/mol. The van der Waals surface area contributed by atoms with E-state index >= 15 is 0 Å². The minimum absolute atomic E-state index is 0.134. The molecule has 20 heavy (non-hydrogen) atoms. The zero-order chi connectivity index (χ0) is 15.0. The van der Waals surface area contributed by atoms with Gasteiger partial charge in [0.2, 0.25) is 0 Å². The van der Waals surface area contributed by atoms with Crippen molar-refractivity contribution in [3.63, 3.8) is 0 Å². The standard InChI is InChI=1S/C16H27N3O/c1-5-14-10-8-9-11-15(14)18-16(20)17-12-13(4)19(6-2)7-3/h8-11,13H,5-7,12H2,1-4H3,(H2,17,18,20). The number of hydrogen-bond donors (Lipinski definition) is 2. The molecule has 0 bridgehead atoms. The number of rotatable bonds is 7. The van der Waals surface area contributed by atoms with Crippen molar-refractivity contribution in [2.24, 2.45) is 0 Å². The first-order valence-electron chi connectivity index (χ1n) is 7.49. The third-order valence-corrected chi connectivity index (χ3v) is 3.64. The van der Waals surface area contributed by atoms with Crippen LogP contribution in [0.5, 0.6) is 0 Å². The maximum absolute atomic E-state index is 11.9. The average molecular weight is 277 g/mol. The van der Waals surface area contributed by atoms with Crippen molar-refractivity contribution >= 4 is 11.7 Å². The van der Waals surface area contributed by atoms with E-state index in [4.69, 9.17) is 0 Å². The van der Waals surface area contributed by atoms with Gasteiger partial charge in [0.05, 0.1) is 0 Å². The molecule has 0 heterocycles. The molecule has 0 aliphatic heterocycles. The molecule has 1 aromatic rings. The second-order valence-electron chi connectivity index (χ2n) is 4.92. The fourth-order valence-electron chi connectivity index (χ4n) is 2.33. The quantitative estimate of drug-likeness (QED) is 0.804. The van der Waals surface area contributed by atoms with E-state index in [-0.39, 0.29) is 6.03 Å². The van der Waals surface area contributed by atoms with E-state index in [1.54, 1.807) is 0 Å². The van der Waals surface area contributed by atoms with Gasteiger partial charge in [-0.2, -0.15) is 0 Å². The van der Waals surface area contributed by atoms with Crippen molar-refractivity contribution in [1.29, 1.82) is 0 Å². The van der Waals surface area contributed by atoms with Gasteiger partial charge in [-0.3, -0.25) is 4.90 Å². The van der Waals surface area contributed by atoms with Crippen molar-refractivity contribution in [3.8, 4) is 0 Å². The lowest BCUT2D eigenvalue weighted by Crippen LogP contribution is -2.43. The molecule has 0 aliphatic rings. The molecule has 112 valence electrons. The number of likely N-dealkylation sites (N-methyl/N-ethyl adjacent to an activating group) is 1. The lowest BCUT2D eigenvalue weighted by atomic mass is 10.1. The Kier molecular flexibility index (Phi) is 7.09. The van der Waals surface area contributed by atoms with E-state index in [9.17, 15) is 4.79 Å². The van der Waals surface area contributed by atoms with Gasteiger partial charge in [0.1, 0.15) is 0 Å². The summed E-state index contributed by atoms with van der Waals surface area (Å²) in [6, 6.07) is 8.11. The van der Waals surface area contributed by atoms with Gasteiger partial charge in [0.25, 0.3) is 0 Å². The van der Waals surface area contributed by atoms with Crippen LogP contribution in [0.15, 0.2) is 24.3 Å². The van der Waals surface area contributed by atoms with Gasteiger partial charge in [-0.15, -0.1) is 0 Å². The van der Waals surface area contributed by atoms with E-state index in [1.165, 1.54) is 0 Å². The molecule has 0 saturated heterocycles. The SMILES string of the molecule is CCc1ccccc1NC(=O)NCC(C)N(CC)CC. The fourth-order valence-corrected chi connectivity index (χ4v) is 2.33. The Balaban J connectivity index is 2.48. The predicted octanol–water partition coefficient (Wildman–Crippen LogP) is 3.10. The Morgan fingerprint density at radius 2 is 1.85 bits per heavy atom. The van der Waals surface area contributed by atoms with Crippen LogP contribution in [0.4, 0.5) is 10.5 Å². The first kappa shape index (κ1) is 16.5. The third-order valence-electron chi connectivity index (χ3n) is 3.64. The molecule has 0 spiro atoms. The summed E-state index contributed by atoms with van der Waals surface area (Å²) in [5, 5.41) is 5.86. The van der Waals surface area contributed by atoms with E-state index in [1.807, 2.05) is 24.3 Å². The van der Waals surface area contributed by atoms with E-state index in [0.29, 0.717) is 12.6 Å². The van der Waals surface area contributed by atoms with Gasteiger partial charge in [-0.1, -0.05) is 39.0 Å². The zero-order valence-corrected chi connectivity index (χ0v) is 13.1. The third kappa shape index (κ3) is 4.85. The molecule has 4 heteroatoms. The topological polar surface area (TPSA) is 44.4 Å². The molecule has 2 amide bonds. The molecule has 0 aromatic heterocycles. The molecule has 0 aliphatic carbocycles. The summed E-state index contributed by atoms with van der Waals surface area (Å²) in [5.74, 6) is 0. The molecule has 2 N–H and O–H groups in total. The summed E-state index contributed by atoms with van der Waals surface area (Å²) in [6.45, 7) is 11.1. The molecule has 1 unspecified atom stereocenters. The molecule has 4 nitrogen and oxygen atoms in total. The number of urea groups is 1. The summed E-state index contributed by atoms with van der Waals surface area (Å²) in [6.07, 6.45) is 0.909. The van der Waals surface area contributed by atoms with Crippen molar-refractivity contribution < 1.29 is 4.79 Å². The Bertz CT molecular complexity index is 416. The van der Waals surface area contributed by atoms with E-state index in [2.05, 4.69) is 43.2 Å². The summed E-state index contributed by atoms with van der Waals surface area (Å²) in [7, 11) is 0. The van der Waals surface area contributed by atoms with Gasteiger partial charge in [-0.25, -0.2) is 4.79 Å². The van der Waals surface area contributed by atoms with Crippen LogP contribution in [0.25, 0.3) is 0 Å². The first-order valence-corrected chi connectivity index (χ1v) is 7.49. The minimum Gasteiger partial charge on any atom is -0.336 e. The van der Waals surface area contributed by atoms with Crippen LogP contribution in [0.3, 0.4) is 0 Å². The number of amides is 2. The second-order valence-corrected chi connectivity index (χ2v) is 4.92. The molecule has 0 fully saturated rings. The van der Waals surface area contributed by atoms with E-state index in [0.717, 1.165) is 30.8 Å². The van der Waals surface area contributed by atoms with E-state index < -0.39 is 0 Å². The number of nitrogens with one attached hydrogen (secondary N) is 2. The normalized spacial score (nSPS) is 12.2. The number of carbonyl (C=O) groups is 1. The number of para-hydroxylation sites is 1. The van der Waals surface area contributed by atoms with Crippen LogP contribution >= 0.6 is 0 Å². The Morgan fingerprint density at radius 3 is 2.45 bits per heavy atom. The molecule has 0 saturated carbocycles. The molecule has 1 atom stereocenters. The van der Waals surface area contributed by atoms with Gasteiger partial charge in [0, 0.05) is 18.3 Å². The lowest BCUT2D eigenvalue weighted by Gasteiger charge is -2.26. The molecule has 1 rings (SSSR count). The highest BCUT2D eigenvalue weighted by Crippen LogP contribution is 2.14. The smallest absolute Gasteiger partial charge is 0.319 e. The molecule has 1 aromatic carbocycles. The highest BCUT2D eigenvalue weighted by molar-refractivity contribution is 5.90. The number of carbonyl (C=O) groups excluding carboxylic acids is 1. The molecular formula is C16H27N3O. The Labute approximate surface area is 122 Å². The van der Waals surface area contributed by atoms with Crippen LogP contribution in [0, 0.1) is 0 Å². The largest absolute Gasteiger partial charge is 0.336 e. The number of benzene rings is 1. The molecular weight excluding hydrogens is 250 g/mol. The average Bonchev–Trinajstić information content (AvgIpc) is 2.47. The number of aryl methyl sites for hydroxylation is 1. The van der Waals surface area contributed by atoms with Crippen molar-refractivity contribution in [3.05, 3.63) is 29.8 Å². The maximum Gasteiger partial charge on any atom is 0.319 e. The summed E-state index contributed by atoms with van der Waals surface area (Å²) in [4.78, 5) is 14.3. The van der Waals surface area contributed by atoms with Gasteiger partial charge in [0.15, 0.2) is 0 Å². The summed E-state index contributed by atoms with van der Waals surface area (Å²) in [5.41, 5.74) is 2.04. The van der Waals surface area contributed by atoms with Crippen LogP contribution in [0.1, 0.15) is 33.3 Å². The molecule has 0 radical (unpaired) electrons. The first-order chi connectivity index (χ1) is 9.62. The van der Waals surface area contributed by atoms with Crippen LogP contribution < -0.4 is 10.6 Å². The van der Waals surface area contributed by atoms with Crippen molar-refractivity contribution in [1.82, 2.24) is 10.2 Å². The number of nitrogens with zero attached hydrogens (tertiary/aromatic N) is 1. The Hall–Kier alpha value is -1.55. The van der Waals surface area contributed by atoms with Crippen LogP contribution in [0.2, 0.25) is 0 Å². The van der Waals surface area contributed by atoms with Gasteiger partial charge >= 0.3 is 6.03 Å². The highest BCUT2D eigenvalue weighted by atomic mass is 16.2. The minimum atomic E-state index is -0.134. The van der Waals surface area contributed by atoms with Crippen LogP contribution in [-0.2, 0) is 6.42 Å². The zero-order valence-electron chi connectivity index (χ0n) is 13.1.